The number of rotatable bonds is 7. The van der Waals surface area contributed by atoms with Gasteiger partial charge < -0.3 is 10.6 Å². The minimum Gasteiger partial charge on any atom is -0.364 e. The summed E-state index contributed by atoms with van der Waals surface area (Å²) in [6, 6.07) is 2.02. The van der Waals surface area contributed by atoms with Gasteiger partial charge in [0.25, 0.3) is 0 Å². The van der Waals surface area contributed by atoms with Crippen molar-refractivity contribution in [1.29, 1.82) is 0 Å². The van der Waals surface area contributed by atoms with Gasteiger partial charge >= 0.3 is 5.69 Å². The van der Waals surface area contributed by atoms with Crippen LogP contribution in [0.5, 0.6) is 0 Å². The van der Waals surface area contributed by atoms with E-state index in [1.165, 1.54) is 6.33 Å². The Hall–Kier alpha value is -2.22. The fraction of sp³-hybridized carbons (Fsp3) is 0.385. The Morgan fingerprint density at radius 3 is 2.62 bits per heavy atom. The van der Waals surface area contributed by atoms with Crippen LogP contribution in [-0.4, -0.2) is 21.4 Å². The Labute approximate surface area is 126 Å². The van der Waals surface area contributed by atoms with Gasteiger partial charge in [-0.05, 0) is 30.4 Å². The molecule has 2 heterocycles. The lowest BCUT2D eigenvalue weighted by Crippen LogP contribution is -2.10. The first kappa shape index (κ1) is 15.2. The third kappa shape index (κ3) is 3.66. The van der Waals surface area contributed by atoms with E-state index in [1.54, 1.807) is 11.3 Å². The molecule has 8 heteroatoms. The highest BCUT2D eigenvalue weighted by Crippen LogP contribution is 2.29. The third-order valence-corrected chi connectivity index (χ3v) is 3.95. The second kappa shape index (κ2) is 6.98. The minimum absolute atomic E-state index is 0.111. The molecule has 2 aromatic heterocycles. The zero-order chi connectivity index (χ0) is 15.2. The van der Waals surface area contributed by atoms with Gasteiger partial charge in [0, 0.05) is 11.4 Å². The number of aromatic nitrogens is 2. The van der Waals surface area contributed by atoms with E-state index in [4.69, 9.17) is 0 Å². The standard InChI is InChI=1S/C13H17N5O2S/c1-3-5-14-12-11(18(19)20)13(17-8-16-12)15-7-10-9(2)4-6-21-10/h4,6,8H,3,5,7H2,1-2H3,(H2,14,15,16,17). The van der Waals surface area contributed by atoms with Crippen LogP contribution in [0, 0.1) is 17.0 Å². The van der Waals surface area contributed by atoms with Crippen molar-refractivity contribution in [3.05, 3.63) is 38.3 Å². The number of nitro groups is 1. The summed E-state index contributed by atoms with van der Waals surface area (Å²) in [5.74, 6) is 0.489. The van der Waals surface area contributed by atoms with Gasteiger partial charge in [-0.3, -0.25) is 10.1 Å². The van der Waals surface area contributed by atoms with E-state index in [-0.39, 0.29) is 17.3 Å². The van der Waals surface area contributed by atoms with Gasteiger partial charge in [0.2, 0.25) is 11.6 Å². The maximum Gasteiger partial charge on any atom is 0.353 e. The highest BCUT2D eigenvalue weighted by Gasteiger charge is 2.22. The van der Waals surface area contributed by atoms with Gasteiger partial charge in [-0.2, -0.15) is 0 Å². The number of hydrogen-bond donors (Lipinski definition) is 2. The van der Waals surface area contributed by atoms with E-state index in [2.05, 4.69) is 20.6 Å². The zero-order valence-corrected chi connectivity index (χ0v) is 12.7. The summed E-state index contributed by atoms with van der Waals surface area (Å²) in [6.45, 7) is 5.13. The van der Waals surface area contributed by atoms with E-state index < -0.39 is 4.92 Å². The second-order valence-corrected chi connectivity index (χ2v) is 5.48. The molecule has 0 aromatic carbocycles. The lowest BCUT2D eigenvalue weighted by molar-refractivity contribution is -0.383. The number of nitrogens with zero attached hydrogens (tertiary/aromatic N) is 3. The Kier molecular flexibility index (Phi) is 5.04. The summed E-state index contributed by atoms with van der Waals surface area (Å²) in [5.41, 5.74) is 1.05. The van der Waals surface area contributed by atoms with Crippen LogP contribution in [0.15, 0.2) is 17.8 Å². The van der Waals surface area contributed by atoms with Crippen LogP contribution in [0.2, 0.25) is 0 Å². The molecule has 0 atom stereocenters. The number of anilines is 2. The van der Waals surface area contributed by atoms with Crippen molar-refractivity contribution in [1.82, 2.24) is 9.97 Å². The summed E-state index contributed by atoms with van der Waals surface area (Å²) in [4.78, 5) is 19.9. The predicted molar refractivity (Wildman–Crippen MR) is 83.8 cm³/mol. The molecule has 0 radical (unpaired) electrons. The summed E-state index contributed by atoms with van der Waals surface area (Å²) in [5, 5.41) is 19.3. The van der Waals surface area contributed by atoms with Crippen LogP contribution >= 0.6 is 11.3 Å². The smallest absolute Gasteiger partial charge is 0.353 e. The van der Waals surface area contributed by atoms with Crippen molar-refractivity contribution in [3.63, 3.8) is 0 Å². The second-order valence-electron chi connectivity index (χ2n) is 4.48. The van der Waals surface area contributed by atoms with Crippen LogP contribution in [0.25, 0.3) is 0 Å². The number of thiophene rings is 1. The van der Waals surface area contributed by atoms with Crippen LogP contribution in [0.4, 0.5) is 17.3 Å². The predicted octanol–water partition coefficient (Wildman–Crippen LogP) is 3.19. The van der Waals surface area contributed by atoms with Crippen molar-refractivity contribution in [2.45, 2.75) is 26.8 Å². The lowest BCUT2D eigenvalue weighted by atomic mass is 10.3. The Morgan fingerprint density at radius 1 is 1.33 bits per heavy atom. The highest BCUT2D eigenvalue weighted by molar-refractivity contribution is 7.10. The molecule has 0 amide bonds. The summed E-state index contributed by atoms with van der Waals surface area (Å²) >= 11 is 1.61. The van der Waals surface area contributed by atoms with E-state index >= 15 is 0 Å². The monoisotopic (exact) mass is 307 g/mol. The van der Waals surface area contributed by atoms with Gasteiger partial charge in [-0.1, -0.05) is 6.92 Å². The van der Waals surface area contributed by atoms with Crippen LogP contribution in [-0.2, 0) is 6.54 Å². The molecule has 112 valence electrons. The van der Waals surface area contributed by atoms with Gasteiger partial charge in [0.15, 0.2) is 0 Å². The molecule has 2 rings (SSSR count). The molecule has 2 aromatic rings. The lowest BCUT2D eigenvalue weighted by Gasteiger charge is -2.09. The number of aryl methyl sites for hydroxylation is 1. The normalized spacial score (nSPS) is 10.4. The van der Waals surface area contributed by atoms with Gasteiger partial charge in [-0.25, -0.2) is 9.97 Å². The molecule has 0 aliphatic heterocycles. The third-order valence-electron chi connectivity index (χ3n) is 2.93. The quantitative estimate of drug-likeness (QED) is 0.603. The molecule has 0 aliphatic rings. The van der Waals surface area contributed by atoms with E-state index in [0.29, 0.717) is 13.1 Å². The summed E-state index contributed by atoms with van der Waals surface area (Å²) < 4.78 is 0. The Bertz CT molecular complexity index is 629. The van der Waals surface area contributed by atoms with Crippen LogP contribution in [0.3, 0.4) is 0 Å². The first-order valence-corrected chi connectivity index (χ1v) is 7.51. The summed E-state index contributed by atoms with van der Waals surface area (Å²) in [7, 11) is 0. The first-order valence-electron chi connectivity index (χ1n) is 6.63. The number of nitrogens with one attached hydrogen (secondary N) is 2. The van der Waals surface area contributed by atoms with E-state index in [1.807, 2.05) is 25.3 Å². The fourth-order valence-corrected chi connectivity index (χ4v) is 2.65. The van der Waals surface area contributed by atoms with Crippen molar-refractivity contribution in [2.75, 3.05) is 17.2 Å². The minimum atomic E-state index is -0.457. The SMILES string of the molecule is CCCNc1ncnc(NCc2sccc2C)c1[N+](=O)[O-]. The average Bonchev–Trinajstić information content (AvgIpc) is 2.87. The average molecular weight is 307 g/mol. The van der Waals surface area contributed by atoms with Gasteiger partial charge in [-0.15, -0.1) is 11.3 Å². The van der Waals surface area contributed by atoms with Crippen molar-refractivity contribution >= 4 is 28.7 Å². The van der Waals surface area contributed by atoms with Crippen molar-refractivity contribution in [2.24, 2.45) is 0 Å². The zero-order valence-electron chi connectivity index (χ0n) is 11.9. The molecule has 0 unspecified atom stereocenters. The topological polar surface area (TPSA) is 93.0 Å². The molecule has 0 spiro atoms. The maximum absolute atomic E-state index is 11.3. The molecular formula is C13H17N5O2S. The van der Waals surface area contributed by atoms with E-state index in [0.717, 1.165) is 16.9 Å². The van der Waals surface area contributed by atoms with Crippen LogP contribution < -0.4 is 10.6 Å². The fourth-order valence-electron chi connectivity index (χ4n) is 1.80. The van der Waals surface area contributed by atoms with Crippen molar-refractivity contribution in [3.8, 4) is 0 Å². The molecule has 2 N–H and O–H groups in total. The molecule has 0 saturated carbocycles. The molecule has 0 aliphatic carbocycles. The van der Waals surface area contributed by atoms with Gasteiger partial charge in [0.05, 0.1) is 11.5 Å². The number of hydrogen-bond acceptors (Lipinski definition) is 7. The first-order chi connectivity index (χ1) is 10.1. The Balaban J connectivity index is 2.21. The molecule has 0 fully saturated rings. The van der Waals surface area contributed by atoms with Crippen LogP contribution in [0.1, 0.15) is 23.8 Å². The molecular weight excluding hydrogens is 290 g/mol. The largest absolute Gasteiger partial charge is 0.364 e. The highest BCUT2D eigenvalue weighted by atomic mass is 32.1. The van der Waals surface area contributed by atoms with Crippen molar-refractivity contribution < 1.29 is 4.92 Å². The van der Waals surface area contributed by atoms with E-state index in [9.17, 15) is 10.1 Å². The summed E-state index contributed by atoms with van der Waals surface area (Å²) in [6.07, 6.45) is 2.19. The maximum atomic E-state index is 11.3. The molecule has 7 nitrogen and oxygen atoms in total. The molecule has 21 heavy (non-hydrogen) atoms. The Morgan fingerprint density at radius 2 is 2.05 bits per heavy atom. The van der Waals surface area contributed by atoms with Gasteiger partial charge in [0.1, 0.15) is 6.33 Å². The molecule has 0 saturated heterocycles. The molecule has 0 bridgehead atoms.